The molecular formula is C15H25N3O2. The van der Waals surface area contributed by atoms with Gasteiger partial charge in [0.25, 0.3) is 0 Å². The number of aromatic nitrogens is 2. The summed E-state index contributed by atoms with van der Waals surface area (Å²) < 4.78 is 1.85. The lowest BCUT2D eigenvalue weighted by molar-refractivity contribution is -0.152. The second kappa shape index (κ2) is 5.56. The largest absolute Gasteiger partial charge is 0.481 e. The van der Waals surface area contributed by atoms with Gasteiger partial charge >= 0.3 is 5.97 Å². The molecule has 1 aliphatic rings. The number of carbonyl (C=O) groups is 1. The molecule has 5 nitrogen and oxygen atoms in total. The summed E-state index contributed by atoms with van der Waals surface area (Å²) in [6.07, 6.45) is 4.26. The molecule has 112 valence electrons. The Morgan fingerprint density at radius 3 is 2.50 bits per heavy atom. The highest BCUT2D eigenvalue weighted by Crippen LogP contribution is 2.38. The fourth-order valence-electron chi connectivity index (χ4n) is 3.28. The molecule has 0 aromatic carbocycles. The minimum atomic E-state index is -0.634. The fraction of sp³-hybridized carbons (Fsp3) is 0.733. The molecule has 0 amide bonds. The summed E-state index contributed by atoms with van der Waals surface area (Å²) in [7, 11) is 1.94. The Kier molecular flexibility index (Phi) is 4.18. The quantitative estimate of drug-likeness (QED) is 0.919. The van der Waals surface area contributed by atoms with Gasteiger partial charge < -0.3 is 5.11 Å². The fourth-order valence-corrected chi connectivity index (χ4v) is 3.28. The van der Waals surface area contributed by atoms with E-state index >= 15 is 0 Å². The minimum Gasteiger partial charge on any atom is -0.481 e. The first-order valence-corrected chi connectivity index (χ1v) is 7.37. The molecule has 1 N–H and O–H groups in total. The van der Waals surface area contributed by atoms with Crippen molar-refractivity contribution in [1.82, 2.24) is 14.7 Å². The molecule has 0 bridgehead atoms. The number of hydrogen-bond donors (Lipinski definition) is 1. The lowest BCUT2D eigenvalue weighted by Crippen LogP contribution is -2.44. The third-order valence-electron chi connectivity index (χ3n) is 4.93. The topological polar surface area (TPSA) is 58.4 Å². The van der Waals surface area contributed by atoms with Crippen molar-refractivity contribution < 1.29 is 9.90 Å². The highest BCUT2D eigenvalue weighted by Gasteiger charge is 2.40. The van der Waals surface area contributed by atoms with Gasteiger partial charge in [-0.25, -0.2) is 0 Å². The van der Waals surface area contributed by atoms with Crippen molar-refractivity contribution in [2.24, 2.45) is 12.5 Å². The minimum absolute atomic E-state index is 0.298. The van der Waals surface area contributed by atoms with Crippen molar-refractivity contribution in [3.8, 4) is 0 Å². The van der Waals surface area contributed by atoms with Gasteiger partial charge in [0.1, 0.15) is 0 Å². The number of nitrogens with zero attached hydrogens (tertiary/aromatic N) is 3. The van der Waals surface area contributed by atoms with Crippen LogP contribution < -0.4 is 0 Å². The molecule has 2 heterocycles. The van der Waals surface area contributed by atoms with Crippen LogP contribution in [0.5, 0.6) is 0 Å². The van der Waals surface area contributed by atoms with E-state index < -0.39 is 11.4 Å². The Balaban J connectivity index is 2.07. The van der Waals surface area contributed by atoms with E-state index in [0.717, 1.165) is 38.0 Å². The van der Waals surface area contributed by atoms with Crippen LogP contribution in [0.4, 0.5) is 0 Å². The molecule has 1 unspecified atom stereocenters. The van der Waals surface area contributed by atoms with E-state index in [0.29, 0.717) is 6.04 Å². The number of rotatable bonds is 4. The van der Waals surface area contributed by atoms with Crippen LogP contribution in [-0.2, 0) is 11.8 Å². The first-order valence-electron chi connectivity index (χ1n) is 7.37. The molecule has 5 heteroatoms. The van der Waals surface area contributed by atoms with E-state index in [1.807, 2.05) is 25.6 Å². The first kappa shape index (κ1) is 15.0. The Morgan fingerprint density at radius 1 is 1.50 bits per heavy atom. The first-order chi connectivity index (χ1) is 9.39. The molecule has 1 saturated heterocycles. The number of likely N-dealkylation sites (tertiary alicyclic amines) is 1. The molecule has 1 atom stereocenters. The zero-order valence-electron chi connectivity index (χ0n) is 12.9. The molecule has 0 aliphatic carbocycles. The molecule has 0 radical (unpaired) electrons. The van der Waals surface area contributed by atoms with Crippen LogP contribution in [0.3, 0.4) is 0 Å². The zero-order valence-corrected chi connectivity index (χ0v) is 12.9. The summed E-state index contributed by atoms with van der Waals surface area (Å²) >= 11 is 0. The number of piperidine rings is 1. The number of hydrogen-bond acceptors (Lipinski definition) is 3. The number of aryl methyl sites for hydroxylation is 2. The SMILES string of the molecule is CCC1(C(=O)O)CCN(C(C)c2cn(C)nc2C)CC1. The average Bonchev–Trinajstić information content (AvgIpc) is 2.76. The second-order valence-corrected chi connectivity index (χ2v) is 5.99. The van der Waals surface area contributed by atoms with Gasteiger partial charge in [0, 0.05) is 24.8 Å². The molecule has 1 aromatic rings. The van der Waals surface area contributed by atoms with Gasteiger partial charge in [0.15, 0.2) is 0 Å². The molecular weight excluding hydrogens is 254 g/mol. The zero-order chi connectivity index (χ0) is 14.9. The Hall–Kier alpha value is -1.36. The van der Waals surface area contributed by atoms with Crippen LogP contribution in [0.15, 0.2) is 6.20 Å². The van der Waals surface area contributed by atoms with Crippen LogP contribution in [0, 0.1) is 12.3 Å². The molecule has 0 saturated carbocycles. The summed E-state index contributed by atoms with van der Waals surface area (Å²) in [5.41, 5.74) is 1.79. The Labute approximate surface area is 120 Å². The molecule has 1 aliphatic heterocycles. The average molecular weight is 279 g/mol. The summed E-state index contributed by atoms with van der Waals surface area (Å²) in [6, 6.07) is 0.298. The molecule has 1 fully saturated rings. The van der Waals surface area contributed by atoms with Crippen molar-refractivity contribution in [2.75, 3.05) is 13.1 Å². The third kappa shape index (κ3) is 2.59. The maximum Gasteiger partial charge on any atom is 0.309 e. The standard InChI is InChI=1S/C15H25N3O2/c1-5-15(14(19)20)6-8-18(9-7-15)12(3)13-10-17(4)16-11(13)2/h10,12H,5-9H2,1-4H3,(H,19,20). The molecule has 0 spiro atoms. The van der Waals surface area contributed by atoms with Crippen molar-refractivity contribution >= 4 is 5.97 Å². The monoisotopic (exact) mass is 279 g/mol. The predicted molar refractivity (Wildman–Crippen MR) is 77.5 cm³/mol. The summed E-state index contributed by atoms with van der Waals surface area (Å²) in [4.78, 5) is 13.9. The number of aliphatic carboxylic acids is 1. The Morgan fingerprint density at radius 2 is 2.10 bits per heavy atom. The van der Waals surface area contributed by atoms with Gasteiger partial charge in [-0.2, -0.15) is 5.10 Å². The van der Waals surface area contributed by atoms with Gasteiger partial charge in [0.2, 0.25) is 0 Å². The summed E-state index contributed by atoms with van der Waals surface area (Å²) in [5.74, 6) is -0.634. The molecule has 2 rings (SSSR count). The van der Waals surface area contributed by atoms with E-state index in [2.05, 4.69) is 23.1 Å². The molecule has 1 aromatic heterocycles. The number of carboxylic acid groups (broad SMARTS) is 1. The predicted octanol–water partition coefficient (Wildman–Crippen LogP) is 2.37. The summed E-state index contributed by atoms with van der Waals surface area (Å²) in [5, 5.41) is 13.8. The van der Waals surface area contributed by atoms with E-state index in [1.165, 1.54) is 5.56 Å². The van der Waals surface area contributed by atoms with Crippen molar-refractivity contribution in [1.29, 1.82) is 0 Å². The van der Waals surface area contributed by atoms with Crippen molar-refractivity contribution in [3.05, 3.63) is 17.5 Å². The van der Waals surface area contributed by atoms with Crippen molar-refractivity contribution in [2.45, 2.75) is 46.1 Å². The normalized spacial score (nSPS) is 20.8. The third-order valence-corrected chi connectivity index (χ3v) is 4.93. The highest BCUT2D eigenvalue weighted by atomic mass is 16.4. The van der Waals surface area contributed by atoms with E-state index in [1.54, 1.807) is 0 Å². The van der Waals surface area contributed by atoms with Crippen LogP contribution in [0.2, 0.25) is 0 Å². The lowest BCUT2D eigenvalue weighted by atomic mass is 9.76. The molecule has 20 heavy (non-hydrogen) atoms. The van der Waals surface area contributed by atoms with Crippen LogP contribution >= 0.6 is 0 Å². The van der Waals surface area contributed by atoms with Crippen LogP contribution in [0.1, 0.15) is 50.4 Å². The van der Waals surface area contributed by atoms with Gasteiger partial charge in [-0.15, -0.1) is 0 Å². The summed E-state index contributed by atoms with van der Waals surface area (Å²) in [6.45, 7) is 7.89. The van der Waals surface area contributed by atoms with Crippen LogP contribution in [0.25, 0.3) is 0 Å². The van der Waals surface area contributed by atoms with Crippen molar-refractivity contribution in [3.63, 3.8) is 0 Å². The lowest BCUT2D eigenvalue weighted by Gasteiger charge is -2.40. The van der Waals surface area contributed by atoms with Gasteiger partial charge in [0.05, 0.1) is 11.1 Å². The maximum absolute atomic E-state index is 11.5. The number of carboxylic acids is 1. The Bertz CT molecular complexity index is 487. The highest BCUT2D eigenvalue weighted by molar-refractivity contribution is 5.74. The maximum atomic E-state index is 11.5. The van der Waals surface area contributed by atoms with Gasteiger partial charge in [-0.1, -0.05) is 6.92 Å². The second-order valence-electron chi connectivity index (χ2n) is 5.99. The van der Waals surface area contributed by atoms with E-state index in [4.69, 9.17) is 0 Å². The van der Waals surface area contributed by atoms with E-state index in [9.17, 15) is 9.90 Å². The van der Waals surface area contributed by atoms with Gasteiger partial charge in [-0.3, -0.25) is 14.4 Å². The smallest absolute Gasteiger partial charge is 0.309 e. The van der Waals surface area contributed by atoms with Gasteiger partial charge in [-0.05, 0) is 46.2 Å². The van der Waals surface area contributed by atoms with E-state index in [-0.39, 0.29) is 0 Å². The van der Waals surface area contributed by atoms with Crippen LogP contribution in [-0.4, -0.2) is 38.8 Å².